The van der Waals surface area contributed by atoms with E-state index >= 15 is 0 Å². The molecule has 3 aromatic heterocycles. The highest BCUT2D eigenvalue weighted by molar-refractivity contribution is 6.13. The summed E-state index contributed by atoms with van der Waals surface area (Å²) in [5.41, 5.74) is 5.09. The Bertz CT molecular complexity index is 2660. The molecule has 6 aromatic carbocycles. The Hall–Kier alpha value is -6.47. The molecule has 0 amide bonds. The molecule has 10 rings (SSSR count). The van der Waals surface area contributed by atoms with Crippen molar-refractivity contribution in [2.45, 2.75) is 0 Å². The van der Waals surface area contributed by atoms with Crippen LogP contribution in [0.3, 0.4) is 0 Å². The molecule has 0 bridgehead atoms. The first-order chi connectivity index (χ1) is 22.8. The number of nitrogens with zero attached hydrogens (tertiary/aromatic N) is 4. The summed E-state index contributed by atoms with van der Waals surface area (Å²) in [6, 6.07) is 44.0. The number of ether oxygens (including phenoxy) is 2. The molecule has 0 atom stereocenters. The molecule has 0 unspecified atom stereocenters. The number of hydrogen-bond donors (Lipinski definition) is 0. The van der Waals surface area contributed by atoms with E-state index in [2.05, 4.69) is 28.8 Å². The smallest absolute Gasteiger partial charge is 0.238 e. The highest BCUT2D eigenvalue weighted by Gasteiger charge is 2.27. The minimum atomic E-state index is 0.468. The van der Waals surface area contributed by atoms with Crippen LogP contribution in [0.25, 0.3) is 72.5 Å². The highest BCUT2D eigenvalue weighted by atomic mass is 16.6. The quantitative estimate of drug-likeness (QED) is 0.203. The van der Waals surface area contributed by atoms with Gasteiger partial charge in [-0.3, -0.25) is 4.57 Å². The van der Waals surface area contributed by atoms with E-state index in [9.17, 15) is 0 Å². The lowest BCUT2D eigenvalue weighted by atomic mass is 10.1. The molecule has 9 aromatic rings. The summed E-state index contributed by atoms with van der Waals surface area (Å²) in [6.07, 6.45) is 0. The van der Waals surface area contributed by atoms with E-state index in [0.717, 1.165) is 54.9 Å². The van der Waals surface area contributed by atoms with Crippen LogP contribution < -0.4 is 9.47 Å². The van der Waals surface area contributed by atoms with Gasteiger partial charge < -0.3 is 13.9 Å². The van der Waals surface area contributed by atoms with Gasteiger partial charge in [-0.1, -0.05) is 91.0 Å². The van der Waals surface area contributed by atoms with E-state index < -0.39 is 0 Å². The van der Waals surface area contributed by atoms with Gasteiger partial charge in [0.25, 0.3) is 0 Å². The van der Waals surface area contributed by atoms with Crippen LogP contribution >= 0.6 is 0 Å². The van der Waals surface area contributed by atoms with Gasteiger partial charge in [0.05, 0.1) is 5.52 Å². The van der Waals surface area contributed by atoms with Crippen molar-refractivity contribution < 1.29 is 13.9 Å². The van der Waals surface area contributed by atoms with Gasteiger partial charge >= 0.3 is 0 Å². The van der Waals surface area contributed by atoms with E-state index in [-0.39, 0.29) is 0 Å². The molecular formula is C39H22N4O3. The monoisotopic (exact) mass is 594 g/mol. The molecule has 0 N–H and O–H groups in total. The van der Waals surface area contributed by atoms with Crippen molar-refractivity contribution in [1.29, 1.82) is 0 Å². The molecule has 0 fully saturated rings. The topological polar surface area (TPSA) is 75.2 Å². The van der Waals surface area contributed by atoms with Crippen LogP contribution in [0, 0.1) is 0 Å². The predicted octanol–water partition coefficient (Wildman–Crippen LogP) is 10.1. The second-order valence-electron chi connectivity index (χ2n) is 11.2. The van der Waals surface area contributed by atoms with E-state index in [4.69, 9.17) is 28.8 Å². The number of benzene rings is 6. The van der Waals surface area contributed by atoms with Gasteiger partial charge in [0.2, 0.25) is 5.95 Å². The molecule has 1 aliphatic heterocycles. The predicted molar refractivity (Wildman–Crippen MR) is 179 cm³/mol. The summed E-state index contributed by atoms with van der Waals surface area (Å²) in [4.78, 5) is 15.4. The van der Waals surface area contributed by atoms with Crippen LogP contribution in [0.2, 0.25) is 0 Å². The molecule has 0 spiro atoms. The molecule has 1 aliphatic rings. The van der Waals surface area contributed by atoms with Crippen molar-refractivity contribution in [2.75, 3.05) is 0 Å². The van der Waals surface area contributed by atoms with Crippen LogP contribution in [-0.2, 0) is 0 Å². The summed E-state index contributed by atoms with van der Waals surface area (Å²) in [6.45, 7) is 0. The molecule has 7 nitrogen and oxygen atoms in total. The maximum atomic E-state index is 6.58. The lowest BCUT2D eigenvalue weighted by Gasteiger charge is -2.22. The Balaban J connectivity index is 1.30. The first-order valence-electron chi connectivity index (χ1n) is 15.0. The molecular weight excluding hydrogens is 572 g/mol. The van der Waals surface area contributed by atoms with Gasteiger partial charge in [0.1, 0.15) is 16.7 Å². The van der Waals surface area contributed by atoms with Crippen molar-refractivity contribution in [2.24, 2.45) is 0 Å². The Labute approximate surface area is 261 Å². The van der Waals surface area contributed by atoms with Crippen molar-refractivity contribution in [1.82, 2.24) is 19.5 Å². The zero-order valence-corrected chi connectivity index (χ0v) is 24.2. The number of furan rings is 1. The van der Waals surface area contributed by atoms with Crippen molar-refractivity contribution >= 4 is 43.7 Å². The van der Waals surface area contributed by atoms with Gasteiger partial charge in [-0.15, -0.1) is 0 Å². The SMILES string of the molecule is c1ccc(-c2nc(-c3cccc4oc5ccccc5c34)nc(-n3c4ccccc4c4ccc5c(c43)Oc3ccccc3O5)n2)cc1. The number of rotatable bonds is 3. The van der Waals surface area contributed by atoms with Gasteiger partial charge in [-0.25, -0.2) is 4.98 Å². The lowest BCUT2D eigenvalue weighted by Crippen LogP contribution is -2.08. The number of para-hydroxylation sites is 4. The number of hydrogen-bond acceptors (Lipinski definition) is 6. The van der Waals surface area contributed by atoms with Gasteiger partial charge in [-0.2, -0.15) is 9.97 Å². The molecule has 4 heterocycles. The third-order valence-corrected chi connectivity index (χ3v) is 8.53. The zero-order chi connectivity index (χ0) is 30.2. The fourth-order valence-corrected chi connectivity index (χ4v) is 6.51. The summed E-state index contributed by atoms with van der Waals surface area (Å²) in [5.74, 6) is 4.13. The van der Waals surface area contributed by atoms with E-state index in [1.165, 1.54) is 0 Å². The van der Waals surface area contributed by atoms with Crippen molar-refractivity contribution in [3.8, 4) is 51.7 Å². The summed E-state index contributed by atoms with van der Waals surface area (Å²) < 4.78 is 21.2. The van der Waals surface area contributed by atoms with E-state index in [1.807, 2.05) is 109 Å². The minimum absolute atomic E-state index is 0.468. The summed E-state index contributed by atoms with van der Waals surface area (Å²) >= 11 is 0. The maximum Gasteiger partial charge on any atom is 0.238 e. The molecule has 0 saturated carbocycles. The number of aromatic nitrogens is 4. The van der Waals surface area contributed by atoms with Crippen LogP contribution in [0.4, 0.5) is 0 Å². The number of fused-ring (bicyclic) bond motifs is 9. The molecule has 0 aliphatic carbocycles. The van der Waals surface area contributed by atoms with Crippen LogP contribution in [0.1, 0.15) is 0 Å². The first kappa shape index (κ1) is 24.9. The fraction of sp³-hybridized carbons (Fsp3) is 0. The average Bonchev–Trinajstić information content (AvgIpc) is 3.67. The Kier molecular flexibility index (Phi) is 5.15. The average molecular weight is 595 g/mol. The summed E-state index contributed by atoms with van der Waals surface area (Å²) in [5, 5.41) is 4.02. The van der Waals surface area contributed by atoms with Crippen LogP contribution in [0.15, 0.2) is 138 Å². The van der Waals surface area contributed by atoms with Gasteiger partial charge in [0.15, 0.2) is 34.6 Å². The first-order valence-corrected chi connectivity index (χ1v) is 15.0. The van der Waals surface area contributed by atoms with Crippen molar-refractivity contribution in [3.05, 3.63) is 133 Å². The van der Waals surface area contributed by atoms with E-state index in [1.54, 1.807) is 0 Å². The fourth-order valence-electron chi connectivity index (χ4n) is 6.51. The molecule has 216 valence electrons. The Morgan fingerprint density at radius 3 is 2.09 bits per heavy atom. The zero-order valence-electron chi connectivity index (χ0n) is 24.2. The van der Waals surface area contributed by atoms with E-state index in [0.29, 0.717) is 40.6 Å². The van der Waals surface area contributed by atoms with Gasteiger partial charge in [0, 0.05) is 32.7 Å². The van der Waals surface area contributed by atoms with Crippen LogP contribution in [0.5, 0.6) is 23.0 Å². The van der Waals surface area contributed by atoms with Crippen molar-refractivity contribution in [3.63, 3.8) is 0 Å². The molecule has 0 saturated heterocycles. The normalized spacial score (nSPS) is 12.3. The summed E-state index contributed by atoms with van der Waals surface area (Å²) in [7, 11) is 0. The molecule has 7 heteroatoms. The minimum Gasteiger partial charge on any atom is -0.456 e. The maximum absolute atomic E-state index is 6.58. The lowest BCUT2D eigenvalue weighted by molar-refractivity contribution is 0.362. The Morgan fingerprint density at radius 1 is 0.478 bits per heavy atom. The second-order valence-corrected chi connectivity index (χ2v) is 11.2. The molecule has 0 radical (unpaired) electrons. The molecule has 46 heavy (non-hydrogen) atoms. The third kappa shape index (κ3) is 3.63. The highest BCUT2D eigenvalue weighted by Crippen LogP contribution is 2.50. The third-order valence-electron chi connectivity index (χ3n) is 8.53. The second kappa shape index (κ2) is 9.51. The standard InChI is InChI=1S/C39H22N4O3/c1-2-11-23(12-3-1)37-40-38(27-15-10-20-32-34(27)26-14-5-7-17-29(26)44-32)42-39(41-37)43-28-16-6-4-13-24(28)25-21-22-33-36(35(25)43)46-31-19-9-8-18-30(31)45-33/h1-22H. The Morgan fingerprint density at radius 2 is 1.20 bits per heavy atom. The largest absolute Gasteiger partial charge is 0.456 e. The van der Waals surface area contributed by atoms with Crippen LogP contribution in [-0.4, -0.2) is 19.5 Å². The van der Waals surface area contributed by atoms with Gasteiger partial charge in [-0.05, 0) is 42.5 Å².